The number of nitrogens with two attached hydrogens (primary N) is 1. The van der Waals surface area contributed by atoms with Crippen molar-refractivity contribution < 1.29 is 12.3 Å². The van der Waals surface area contributed by atoms with Crippen LogP contribution in [0.1, 0.15) is 32.1 Å². The predicted octanol–water partition coefficient (Wildman–Crippen LogP) is 1.19. The van der Waals surface area contributed by atoms with Crippen LogP contribution in [-0.4, -0.2) is 20.7 Å². The molecule has 0 aromatic carbocycles. The van der Waals surface area contributed by atoms with E-state index in [1.807, 2.05) is 0 Å². The van der Waals surface area contributed by atoms with Gasteiger partial charge in [-0.25, -0.2) is 0 Å². The van der Waals surface area contributed by atoms with Crippen molar-refractivity contribution in [3.63, 3.8) is 0 Å². The van der Waals surface area contributed by atoms with Crippen LogP contribution in [-0.2, 0) is 10.2 Å². The molecule has 0 heterocycles. The first-order valence-corrected chi connectivity index (χ1v) is 6.57. The van der Waals surface area contributed by atoms with E-state index in [-0.39, 0.29) is 12.3 Å². The van der Waals surface area contributed by atoms with Crippen LogP contribution in [0.3, 0.4) is 0 Å². The molecular formula is C9H16FNO2S. The highest BCUT2D eigenvalue weighted by Crippen LogP contribution is 2.64. The van der Waals surface area contributed by atoms with Crippen molar-refractivity contribution in [2.24, 2.45) is 16.6 Å². The molecule has 1 spiro atoms. The van der Waals surface area contributed by atoms with E-state index in [1.165, 1.54) is 19.3 Å². The SMILES string of the molecule is NCC1(CS(=O)(=O)F)CC2(CCC2)C1. The van der Waals surface area contributed by atoms with Crippen molar-refractivity contribution in [2.45, 2.75) is 32.1 Å². The molecule has 0 saturated heterocycles. The van der Waals surface area contributed by atoms with E-state index in [4.69, 9.17) is 5.73 Å². The second-order valence-corrected chi connectivity index (χ2v) is 6.46. The van der Waals surface area contributed by atoms with Gasteiger partial charge in [-0.1, -0.05) is 6.42 Å². The minimum Gasteiger partial charge on any atom is -0.330 e. The number of rotatable bonds is 3. The van der Waals surface area contributed by atoms with E-state index < -0.39 is 15.6 Å². The Morgan fingerprint density at radius 1 is 1.29 bits per heavy atom. The van der Waals surface area contributed by atoms with Crippen LogP contribution in [0.4, 0.5) is 3.89 Å². The molecule has 2 fully saturated rings. The van der Waals surface area contributed by atoms with Crippen molar-refractivity contribution in [2.75, 3.05) is 12.3 Å². The number of hydrogen-bond acceptors (Lipinski definition) is 3. The molecule has 2 aliphatic carbocycles. The van der Waals surface area contributed by atoms with Gasteiger partial charge in [0.1, 0.15) is 0 Å². The van der Waals surface area contributed by atoms with Crippen LogP contribution in [0.5, 0.6) is 0 Å². The highest BCUT2D eigenvalue weighted by molar-refractivity contribution is 7.86. The standard InChI is InChI=1S/C9H16FNO2S/c10-14(12,13)7-9(6-11)4-8(5-9)2-1-3-8/h1-7,11H2. The molecule has 3 nitrogen and oxygen atoms in total. The minimum absolute atomic E-state index is 0.290. The molecule has 14 heavy (non-hydrogen) atoms. The average molecular weight is 221 g/mol. The van der Waals surface area contributed by atoms with Crippen molar-refractivity contribution in [3.8, 4) is 0 Å². The third-order valence-electron chi connectivity index (χ3n) is 3.83. The average Bonchev–Trinajstić information content (AvgIpc) is 1.90. The maximum atomic E-state index is 12.6. The molecule has 0 unspecified atom stereocenters. The molecule has 0 atom stereocenters. The topological polar surface area (TPSA) is 60.2 Å². The van der Waals surface area contributed by atoms with E-state index in [1.54, 1.807) is 0 Å². The lowest BCUT2D eigenvalue weighted by atomic mass is 9.46. The van der Waals surface area contributed by atoms with Crippen LogP contribution in [0, 0.1) is 10.8 Å². The lowest BCUT2D eigenvalue weighted by Gasteiger charge is -2.60. The third-order valence-corrected chi connectivity index (χ3v) is 4.78. The highest BCUT2D eigenvalue weighted by Gasteiger charge is 2.57. The molecule has 0 amide bonds. The summed E-state index contributed by atoms with van der Waals surface area (Å²) in [5, 5.41) is 0. The molecule has 82 valence electrons. The van der Waals surface area contributed by atoms with E-state index in [0.29, 0.717) is 5.41 Å². The van der Waals surface area contributed by atoms with Gasteiger partial charge in [-0.3, -0.25) is 0 Å². The Balaban J connectivity index is 2.01. The Labute approximate surface area is 84.1 Å². The van der Waals surface area contributed by atoms with Crippen LogP contribution < -0.4 is 5.73 Å². The first-order chi connectivity index (χ1) is 6.39. The fourth-order valence-electron chi connectivity index (χ4n) is 3.24. The van der Waals surface area contributed by atoms with Gasteiger partial charge in [0.25, 0.3) is 0 Å². The Morgan fingerprint density at radius 3 is 2.14 bits per heavy atom. The predicted molar refractivity (Wildman–Crippen MR) is 51.9 cm³/mol. The largest absolute Gasteiger partial charge is 0.330 e. The fourth-order valence-corrected chi connectivity index (χ4v) is 4.29. The summed E-state index contributed by atoms with van der Waals surface area (Å²) in [7, 11) is -4.37. The molecule has 0 radical (unpaired) electrons. The maximum absolute atomic E-state index is 12.6. The van der Waals surface area contributed by atoms with Gasteiger partial charge in [-0.15, -0.1) is 3.89 Å². The first kappa shape index (κ1) is 10.4. The Hall–Kier alpha value is -0.160. The Morgan fingerprint density at radius 2 is 1.86 bits per heavy atom. The quantitative estimate of drug-likeness (QED) is 0.728. The summed E-state index contributed by atoms with van der Waals surface area (Å²) in [5.74, 6) is -0.377. The summed E-state index contributed by atoms with van der Waals surface area (Å²) in [5.41, 5.74) is 5.43. The van der Waals surface area contributed by atoms with Crippen LogP contribution in [0.25, 0.3) is 0 Å². The van der Waals surface area contributed by atoms with Gasteiger partial charge >= 0.3 is 10.2 Å². The molecule has 2 saturated carbocycles. The lowest BCUT2D eigenvalue weighted by Crippen LogP contribution is -2.56. The summed E-state index contributed by atoms with van der Waals surface area (Å²) in [6.07, 6.45) is 5.17. The van der Waals surface area contributed by atoms with Crippen molar-refractivity contribution in [3.05, 3.63) is 0 Å². The third kappa shape index (κ3) is 1.67. The van der Waals surface area contributed by atoms with E-state index >= 15 is 0 Å². The van der Waals surface area contributed by atoms with Crippen LogP contribution in [0.2, 0.25) is 0 Å². The summed E-state index contributed by atoms with van der Waals surface area (Å²) < 4.78 is 33.8. The number of halogens is 1. The summed E-state index contributed by atoms with van der Waals surface area (Å²) in [6.45, 7) is 0.290. The van der Waals surface area contributed by atoms with E-state index in [0.717, 1.165) is 12.8 Å². The van der Waals surface area contributed by atoms with Gasteiger partial charge in [-0.2, -0.15) is 8.42 Å². The maximum Gasteiger partial charge on any atom is 0.303 e. The Bertz CT molecular complexity index is 327. The van der Waals surface area contributed by atoms with Crippen molar-refractivity contribution in [1.29, 1.82) is 0 Å². The van der Waals surface area contributed by atoms with Crippen LogP contribution in [0.15, 0.2) is 0 Å². The first-order valence-electron chi connectivity index (χ1n) is 5.01. The molecule has 0 aliphatic heterocycles. The molecule has 0 bridgehead atoms. The molecular weight excluding hydrogens is 205 g/mol. The van der Waals surface area contributed by atoms with Gasteiger partial charge in [0.15, 0.2) is 0 Å². The molecule has 2 aliphatic rings. The minimum atomic E-state index is -4.37. The number of hydrogen-bond donors (Lipinski definition) is 1. The molecule has 5 heteroatoms. The fraction of sp³-hybridized carbons (Fsp3) is 1.00. The highest BCUT2D eigenvalue weighted by atomic mass is 32.3. The summed E-state index contributed by atoms with van der Waals surface area (Å²) >= 11 is 0. The summed E-state index contributed by atoms with van der Waals surface area (Å²) in [6, 6.07) is 0. The van der Waals surface area contributed by atoms with Crippen molar-refractivity contribution in [1.82, 2.24) is 0 Å². The zero-order chi connectivity index (χ0) is 10.4. The molecule has 0 aromatic heterocycles. The van der Waals surface area contributed by atoms with E-state index in [2.05, 4.69) is 0 Å². The monoisotopic (exact) mass is 221 g/mol. The molecule has 2 rings (SSSR count). The summed E-state index contributed by atoms with van der Waals surface area (Å²) in [4.78, 5) is 0. The Kier molecular flexibility index (Phi) is 2.16. The second kappa shape index (κ2) is 2.92. The zero-order valence-corrected chi connectivity index (χ0v) is 8.95. The second-order valence-electron chi connectivity index (χ2n) is 5.09. The van der Waals surface area contributed by atoms with Gasteiger partial charge in [0.2, 0.25) is 0 Å². The van der Waals surface area contributed by atoms with Gasteiger partial charge in [-0.05, 0) is 37.6 Å². The smallest absolute Gasteiger partial charge is 0.303 e. The van der Waals surface area contributed by atoms with Gasteiger partial charge < -0.3 is 5.73 Å². The zero-order valence-electron chi connectivity index (χ0n) is 8.13. The molecule has 2 N–H and O–H groups in total. The normalized spacial score (nSPS) is 28.1. The van der Waals surface area contributed by atoms with Gasteiger partial charge in [0, 0.05) is 5.41 Å². The van der Waals surface area contributed by atoms with Crippen molar-refractivity contribution >= 4 is 10.2 Å². The van der Waals surface area contributed by atoms with Crippen LogP contribution >= 0.6 is 0 Å². The molecule has 0 aromatic rings. The lowest BCUT2D eigenvalue weighted by molar-refractivity contribution is -0.0785. The van der Waals surface area contributed by atoms with Gasteiger partial charge in [0.05, 0.1) is 5.75 Å². The van der Waals surface area contributed by atoms with E-state index in [9.17, 15) is 12.3 Å².